The quantitative estimate of drug-likeness (QED) is 0.0196. The Kier molecular flexibility index (Phi) is 41.3. The number of esters is 1. The summed E-state index contributed by atoms with van der Waals surface area (Å²) in [6.07, 6.45) is 47.0. The van der Waals surface area contributed by atoms with Crippen molar-refractivity contribution in [2.24, 2.45) is 0 Å². The van der Waals surface area contributed by atoms with Crippen molar-refractivity contribution in [2.75, 3.05) is 19.8 Å². The molecule has 11 heteroatoms. The molecular weight excluding hydrogens is 835 g/mol. The number of hydrogen-bond acceptors (Lipinski definition) is 10. The number of allylic oxidation sites excluding steroid dienone is 11. The monoisotopic (exact) mass is 930 g/mol. The third-order valence-electron chi connectivity index (χ3n) is 11.8. The number of unbranched alkanes of at least 4 members (excludes halogenated alkanes) is 19. The summed E-state index contributed by atoms with van der Waals surface area (Å²) >= 11 is 0. The van der Waals surface area contributed by atoms with Crippen LogP contribution in [0.5, 0.6) is 0 Å². The lowest BCUT2D eigenvalue weighted by molar-refractivity contribution is -0.302. The Hall–Kier alpha value is -2.90. The van der Waals surface area contributed by atoms with Gasteiger partial charge in [-0.3, -0.25) is 9.59 Å². The van der Waals surface area contributed by atoms with Crippen LogP contribution in [-0.4, -0.2) is 100 Å². The van der Waals surface area contributed by atoms with E-state index in [1.165, 1.54) is 83.5 Å². The maximum atomic E-state index is 13.0. The van der Waals surface area contributed by atoms with Crippen LogP contribution in [0, 0.1) is 0 Å². The number of ether oxygens (including phenoxy) is 3. The molecule has 1 heterocycles. The fourth-order valence-electron chi connectivity index (χ4n) is 7.49. The Balaban J connectivity index is 2.29. The third-order valence-corrected chi connectivity index (χ3v) is 11.8. The van der Waals surface area contributed by atoms with Gasteiger partial charge in [0.1, 0.15) is 24.4 Å². The second kappa shape index (κ2) is 44.6. The second-order valence-corrected chi connectivity index (χ2v) is 17.8. The van der Waals surface area contributed by atoms with Crippen LogP contribution in [0.15, 0.2) is 72.9 Å². The van der Waals surface area contributed by atoms with Crippen LogP contribution in [0.4, 0.5) is 0 Å². The van der Waals surface area contributed by atoms with Gasteiger partial charge in [-0.2, -0.15) is 0 Å². The number of nitrogens with one attached hydrogen (secondary N) is 1. The van der Waals surface area contributed by atoms with Gasteiger partial charge in [0.2, 0.25) is 5.91 Å². The fraction of sp³-hybridized carbons (Fsp3) is 0.745. The second-order valence-electron chi connectivity index (χ2n) is 17.8. The first-order valence-corrected chi connectivity index (χ1v) is 26.2. The molecule has 0 aromatic carbocycles. The van der Waals surface area contributed by atoms with Crippen LogP contribution in [0.1, 0.15) is 200 Å². The summed E-state index contributed by atoms with van der Waals surface area (Å²) in [4.78, 5) is 25.0. The summed E-state index contributed by atoms with van der Waals surface area (Å²) in [5, 5.41) is 54.2. The van der Waals surface area contributed by atoms with Crippen molar-refractivity contribution in [1.29, 1.82) is 0 Å². The molecule has 1 saturated heterocycles. The van der Waals surface area contributed by atoms with Crippen LogP contribution in [-0.2, 0) is 23.8 Å². The molecule has 6 N–H and O–H groups in total. The summed E-state index contributed by atoms with van der Waals surface area (Å²) in [5.74, 6) is -0.334. The number of carbonyl (C=O) groups is 2. The molecule has 7 unspecified atom stereocenters. The average Bonchev–Trinajstić information content (AvgIpc) is 3.31. The zero-order valence-corrected chi connectivity index (χ0v) is 41.4. The van der Waals surface area contributed by atoms with Crippen LogP contribution in [0.25, 0.3) is 0 Å². The van der Waals surface area contributed by atoms with Crippen molar-refractivity contribution in [2.45, 2.75) is 243 Å². The van der Waals surface area contributed by atoms with Gasteiger partial charge in [-0.1, -0.05) is 164 Å². The van der Waals surface area contributed by atoms with Gasteiger partial charge in [0.25, 0.3) is 0 Å². The Morgan fingerprint density at radius 2 is 1.06 bits per heavy atom. The van der Waals surface area contributed by atoms with E-state index in [0.717, 1.165) is 77.0 Å². The molecule has 1 aliphatic rings. The summed E-state index contributed by atoms with van der Waals surface area (Å²) in [5.41, 5.74) is 0. The molecule has 1 rings (SSSR count). The number of aliphatic hydroxyl groups excluding tert-OH is 5. The molecule has 0 saturated carbocycles. The lowest BCUT2D eigenvalue weighted by Gasteiger charge is -2.40. The first-order valence-electron chi connectivity index (χ1n) is 26.2. The maximum absolute atomic E-state index is 13.0. The predicted octanol–water partition coefficient (Wildman–Crippen LogP) is 10.9. The first kappa shape index (κ1) is 61.1. The minimum Gasteiger partial charge on any atom is -0.466 e. The SMILES string of the molecule is CCCC/C=C\CCCCCCCC(=O)OCCCCCCCC/C=C\C/C=C\CCC(=O)NC(COC1OC(CO)C(O)C(O)C1O)C(O)/C=C/CC/C=C/CC/C=C/CCCCCC. The topological polar surface area (TPSA) is 175 Å². The van der Waals surface area contributed by atoms with Gasteiger partial charge in [-0.05, 0) is 96.3 Å². The third kappa shape index (κ3) is 34.4. The molecule has 66 heavy (non-hydrogen) atoms. The van der Waals surface area contributed by atoms with Crippen LogP contribution < -0.4 is 5.32 Å². The molecule has 0 aromatic heterocycles. The van der Waals surface area contributed by atoms with Crippen molar-refractivity contribution in [3.8, 4) is 0 Å². The lowest BCUT2D eigenvalue weighted by atomic mass is 9.99. The first-order chi connectivity index (χ1) is 32.2. The molecule has 380 valence electrons. The van der Waals surface area contributed by atoms with Gasteiger partial charge < -0.3 is 45.1 Å². The van der Waals surface area contributed by atoms with Gasteiger partial charge in [0, 0.05) is 12.8 Å². The van der Waals surface area contributed by atoms with E-state index in [1.807, 2.05) is 18.2 Å². The maximum Gasteiger partial charge on any atom is 0.305 e. The van der Waals surface area contributed by atoms with E-state index >= 15 is 0 Å². The van der Waals surface area contributed by atoms with Gasteiger partial charge in [0.15, 0.2) is 6.29 Å². The Labute approximate surface area is 400 Å². The zero-order valence-electron chi connectivity index (χ0n) is 41.4. The van der Waals surface area contributed by atoms with Gasteiger partial charge in [0.05, 0.1) is 32.0 Å². The normalized spacial score (nSPS) is 20.3. The van der Waals surface area contributed by atoms with Crippen molar-refractivity contribution in [1.82, 2.24) is 5.32 Å². The minimum absolute atomic E-state index is 0.0536. The van der Waals surface area contributed by atoms with E-state index in [2.05, 4.69) is 67.8 Å². The molecule has 1 amide bonds. The summed E-state index contributed by atoms with van der Waals surface area (Å²) in [7, 11) is 0. The van der Waals surface area contributed by atoms with E-state index in [9.17, 15) is 35.1 Å². The van der Waals surface area contributed by atoms with E-state index in [4.69, 9.17) is 14.2 Å². The molecule has 0 spiro atoms. The molecule has 11 nitrogen and oxygen atoms in total. The molecule has 1 aliphatic heterocycles. The van der Waals surface area contributed by atoms with Crippen LogP contribution in [0.2, 0.25) is 0 Å². The molecule has 7 atom stereocenters. The zero-order chi connectivity index (χ0) is 48.1. The lowest BCUT2D eigenvalue weighted by Crippen LogP contribution is -2.60. The number of hydrogen-bond donors (Lipinski definition) is 6. The number of carbonyl (C=O) groups excluding carboxylic acids is 2. The Bertz CT molecular complexity index is 1330. The average molecular weight is 930 g/mol. The van der Waals surface area contributed by atoms with E-state index in [-0.39, 0.29) is 24.9 Å². The Morgan fingerprint density at radius 1 is 0.561 bits per heavy atom. The molecular formula is C55H95NO10. The smallest absolute Gasteiger partial charge is 0.305 e. The van der Waals surface area contributed by atoms with Gasteiger partial charge in [-0.25, -0.2) is 0 Å². The summed E-state index contributed by atoms with van der Waals surface area (Å²) in [6, 6.07) is -0.880. The van der Waals surface area contributed by atoms with Crippen molar-refractivity contribution in [3.63, 3.8) is 0 Å². The highest BCUT2D eigenvalue weighted by Crippen LogP contribution is 2.22. The predicted molar refractivity (Wildman–Crippen MR) is 269 cm³/mol. The standard InChI is InChI=1S/C55H95NO10/c1-3-5-7-9-11-13-15-16-18-22-25-29-33-37-41-48(58)47(46-65-55-54(63)53(62)52(61)49(45-57)66-55)56-50(59)42-38-34-30-26-23-19-17-20-24-28-32-36-40-44-64-51(60)43-39-35-31-27-21-14-12-10-8-6-4-2/h10,12-13,15,19,22-23,25,30,34,37,41,47-49,52-55,57-58,61-63H,3-9,11,14,16-18,20-21,24,26-29,31-33,35-36,38-40,42-46H2,1-2H3,(H,56,59)/b12-10-,15-13+,23-19-,25-22+,34-30-,41-37+. The number of rotatable bonds is 43. The molecule has 1 fully saturated rings. The van der Waals surface area contributed by atoms with Crippen molar-refractivity contribution < 1.29 is 49.3 Å². The van der Waals surface area contributed by atoms with Gasteiger partial charge in [-0.15, -0.1) is 0 Å². The molecule has 0 bridgehead atoms. The van der Waals surface area contributed by atoms with Gasteiger partial charge >= 0.3 is 5.97 Å². The summed E-state index contributed by atoms with van der Waals surface area (Å²) in [6.45, 7) is 4.14. The van der Waals surface area contributed by atoms with Crippen molar-refractivity contribution in [3.05, 3.63) is 72.9 Å². The minimum atomic E-state index is -1.60. The molecule has 0 radical (unpaired) electrons. The van der Waals surface area contributed by atoms with Crippen molar-refractivity contribution >= 4 is 11.9 Å². The highest BCUT2D eigenvalue weighted by molar-refractivity contribution is 5.76. The number of aliphatic hydroxyl groups is 5. The fourth-order valence-corrected chi connectivity index (χ4v) is 7.49. The van der Waals surface area contributed by atoms with Crippen LogP contribution >= 0.6 is 0 Å². The summed E-state index contributed by atoms with van der Waals surface area (Å²) < 4.78 is 16.6. The van der Waals surface area contributed by atoms with E-state index in [1.54, 1.807) is 6.08 Å². The molecule has 0 aliphatic carbocycles. The highest BCUT2D eigenvalue weighted by atomic mass is 16.7. The molecule has 0 aromatic rings. The number of amides is 1. The Morgan fingerprint density at radius 3 is 1.67 bits per heavy atom. The largest absolute Gasteiger partial charge is 0.466 e. The van der Waals surface area contributed by atoms with E-state index < -0.39 is 49.5 Å². The van der Waals surface area contributed by atoms with Crippen LogP contribution in [0.3, 0.4) is 0 Å². The van der Waals surface area contributed by atoms with E-state index in [0.29, 0.717) is 25.9 Å². The highest BCUT2D eigenvalue weighted by Gasteiger charge is 2.44.